The van der Waals surface area contributed by atoms with Crippen LogP contribution >= 0.6 is 0 Å². The highest BCUT2D eigenvalue weighted by Gasteiger charge is 2.30. The van der Waals surface area contributed by atoms with Gasteiger partial charge in [-0.3, -0.25) is 0 Å². The predicted molar refractivity (Wildman–Crippen MR) is 56.3 cm³/mol. The molecular weight excluding hydrogens is 252 g/mol. The fourth-order valence-electron chi connectivity index (χ4n) is 2.11. The molecule has 2 rings (SSSR count). The molecule has 18 heavy (non-hydrogen) atoms. The van der Waals surface area contributed by atoms with E-state index in [1.54, 1.807) is 13.8 Å². The van der Waals surface area contributed by atoms with Crippen molar-refractivity contribution in [2.75, 3.05) is 18.0 Å². The number of nitrogens with zero attached hydrogens (tertiary/aromatic N) is 2. The number of hydrogen-bond acceptors (Lipinski definition) is 3. The van der Waals surface area contributed by atoms with E-state index < -0.39 is 29.2 Å². The van der Waals surface area contributed by atoms with E-state index in [0.717, 1.165) is 0 Å². The van der Waals surface area contributed by atoms with Gasteiger partial charge in [0.05, 0.1) is 12.2 Å². The second-order valence-corrected chi connectivity index (χ2v) is 4.33. The quantitative estimate of drug-likeness (QED) is 0.574. The van der Waals surface area contributed by atoms with Crippen molar-refractivity contribution < 1.29 is 22.3 Å². The van der Waals surface area contributed by atoms with Crippen molar-refractivity contribution in [1.29, 1.82) is 0 Å². The zero-order chi connectivity index (χ0) is 13.4. The van der Waals surface area contributed by atoms with Crippen molar-refractivity contribution in [2.24, 2.45) is 0 Å². The average Bonchev–Trinajstić information content (AvgIpc) is 2.25. The molecule has 2 unspecified atom stereocenters. The lowest BCUT2D eigenvalue weighted by molar-refractivity contribution is -0.00569. The Bertz CT molecular complexity index is 433. The van der Waals surface area contributed by atoms with Crippen molar-refractivity contribution in [3.8, 4) is 0 Å². The third-order valence-corrected chi connectivity index (χ3v) is 2.71. The lowest BCUT2D eigenvalue weighted by atomic mass is 10.2. The van der Waals surface area contributed by atoms with E-state index in [2.05, 4.69) is 4.98 Å². The molecule has 0 bridgehead atoms. The summed E-state index contributed by atoms with van der Waals surface area (Å²) in [4.78, 5) is 3.76. The van der Waals surface area contributed by atoms with Crippen LogP contribution in [-0.2, 0) is 4.74 Å². The number of pyridine rings is 1. The van der Waals surface area contributed by atoms with Crippen molar-refractivity contribution in [2.45, 2.75) is 26.1 Å². The largest absolute Gasteiger partial charge is 0.372 e. The van der Waals surface area contributed by atoms with E-state index >= 15 is 0 Å². The molecule has 7 heteroatoms. The molecule has 0 radical (unpaired) electrons. The van der Waals surface area contributed by atoms with Gasteiger partial charge in [-0.2, -0.15) is 22.5 Å². The highest BCUT2D eigenvalue weighted by Crippen LogP contribution is 2.28. The molecule has 1 aromatic heterocycles. The molecule has 0 spiro atoms. The van der Waals surface area contributed by atoms with Crippen LogP contribution in [0.2, 0.25) is 0 Å². The summed E-state index contributed by atoms with van der Waals surface area (Å²) < 4.78 is 58.5. The van der Waals surface area contributed by atoms with Gasteiger partial charge < -0.3 is 9.64 Å². The first-order chi connectivity index (χ1) is 8.40. The number of aromatic nitrogens is 1. The third-order valence-electron chi connectivity index (χ3n) is 2.71. The highest BCUT2D eigenvalue weighted by molar-refractivity contribution is 5.49. The van der Waals surface area contributed by atoms with E-state index in [1.165, 1.54) is 4.90 Å². The van der Waals surface area contributed by atoms with Crippen LogP contribution < -0.4 is 4.90 Å². The molecule has 1 saturated heterocycles. The Kier molecular flexibility index (Phi) is 3.43. The van der Waals surface area contributed by atoms with Gasteiger partial charge in [0.2, 0.25) is 11.6 Å². The smallest absolute Gasteiger partial charge is 0.253 e. The maximum Gasteiger partial charge on any atom is 0.253 e. The second kappa shape index (κ2) is 4.72. The molecule has 0 aromatic carbocycles. The molecular formula is C11H12F4N2O. The number of ether oxygens (including phenoxy) is 1. The summed E-state index contributed by atoms with van der Waals surface area (Å²) in [5.41, 5.74) is -0.720. The van der Waals surface area contributed by atoms with Gasteiger partial charge in [0.15, 0.2) is 0 Å². The Labute approximate surface area is 101 Å². The molecule has 0 N–H and O–H groups in total. The molecule has 100 valence electrons. The molecule has 1 aromatic rings. The molecule has 3 nitrogen and oxygen atoms in total. The van der Waals surface area contributed by atoms with Crippen LogP contribution in [0.1, 0.15) is 13.8 Å². The highest BCUT2D eigenvalue weighted by atomic mass is 19.2. The maximum absolute atomic E-state index is 13.6. The Morgan fingerprint density at radius 1 is 1.00 bits per heavy atom. The third kappa shape index (κ3) is 2.27. The Balaban J connectivity index is 2.44. The average molecular weight is 264 g/mol. The zero-order valence-electron chi connectivity index (χ0n) is 9.88. The summed E-state index contributed by atoms with van der Waals surface area (Å²) in [5.74, 6) is -6.24. The van der Waals surface area contributed by atoms with E-state index in [9.17, 15) is 17.6 Å². The molecule has 2 heterocycles. The molecule has 0 saturated carbocycles. The zero-order valence-corrected chi connectivity index (χ0v) is 9.88. The number of halogens is 4. The maximum atomic E-state index is 13.6. The van der Waals surface area contributed by atoms with Gasteiger partial charge in [-0.1, -0.05) is 0 Å². The van der Waals surface area contributed by atoms with Crippen LogP contribution in [-0.4, -0.2) is 30.3 Å². The molecule has 0 amide bonds. The van der Waals surface area contributed by atoms with Crippen LogP contribution in [0.3, 0.4) is 0 Å². The van der Waals surface area contributed by atoms with Gasteiger partial charge in [0.1, 0.15) is 5.69 Å². The standard InChI is InChI=1S/C11H12F4N2O/c1-5-3-17(4-6(2)18-5)9-7(12)10(14)16-11(15)8(9)13/h5-6H,3-4H2,1-2H3. The first kappa shape index (κ1) is 13.1. The Hall–Kier alpha value is -1.37. The fraction of sp³-hybridized carbons (Fsp3) is 0.545. The summed E-state index contributed by atoms with van der Waals surface area (Å²) in [6, 6.07) is 0. The summed E-state index contributed by atoms with van der Waals surface area (Å²) in [6.07, 6.45) is -0.571. The van der Waals surface area contributed by atoms with Gasteiger partial charge in [0, 0.05) is 13.1 Å². The van der Waals surface area contributed by atoms with Crippen molar-refractivity contribution in [3.63, 3.8) is 0 Å². The topological polar surface area (TPSA) is 25.4 Å². The van der Waals surface area contributed by atoms with Crippen LogP contribution in [0, 0.1) is 23.5 Å². The van der Waals surface area contributed by atoms with E-state index in [4.69, 9.17) is 4.74 Å². The van der Waals surface area contributed by atoms with Crippen LogP contribution in [0.25, 0.3) is 0 Å². The number of rotatable bonds is 1. The second-order valence-electron chi connectivity index (χ2n) is 4.33. The minimum atomic E-state index is -1.64. The fourth-order valence-corrected chi connectivity index (χ4v) is 2.11. The van der Waals surface area contributed by atoms with Crippen molar-refractivity contribution in [1.82, 2.24) is 4.98 Å². The minimum absolute atomic E-state index is 0.154. The van der Waals surface area contributed by atoms with Gasteiger partial charge >= 0.3 is 0 Å². The van der Waals surface area contributed by atoms with Crippen LogP contribution in [0.5, 0.6) is 0 Å². The minimum Gasteiger partial charge on any atom is -0.372 e. The van der Waals surface area contributed by atoms with Crippen molar-refractivity contribution >= 4 is 5.69 Å². The predicted octanol–water partition coefficient (Wildman–Crippen LogP) is 2.25. The number of morpholine rings is 1. The van der Waals surface area contributed by atoms with Crippen LogP contribution in [0.4, 0.5) is 23.2 Å². The van der Waals surface area contributed by atoms with Gasteiger partial charge in [-0.05, 0) is 13.8 Å². The lowest BCUT2D eigenvalue weighted by Crippen LogP contribution is -2.46. The molecule has 2 atom stereocenters. The monoisotopic (exact) mass is 264 g/mol. The van der Waals surface area contributed by atoms with Crippen molar-refractivity contribution in [3.05, 3.63) is 23.5 Å². The molecule has 0 aliphatic carbocycles. The SMILES string of the molecule is CC1CN(c2c(F)c(F)nc(F)c2F)CC(C)O1. The van der Waals surface area contributed by atoms with E-state index in [0.29, 0.717) is 0 Å². The molecule has 1 aliphatic heterocycles. The normalized spacial score (nSPS) is 24.4. The van der Waals surface area contributed by atoms with Gasteiger partial charge in [0.25, 0.3) is 11.9 Å². The summed E-state index contributed by atoms with van der Waals surface area (Å²) in [6.45, 7) is 3.74. The Morgan fingerprint density at radius 2 is 1.44 bits per heavy atom. The summed E-state index contributed by atoms with van der Waals surface area (Å²) in [5, 5.41) is 0. The summed E-state index contributed by atoms with van der Waals surface area (Å²) >= 11 is 0. The first-order valence-corrected chi connectivity index (χ1v) is 5.50. The van der Waals surface area contributed by atoms with E-state index in [1.807, 2.05) is 0 Å². The number of anilines is 1. The Morgan fingerprint density at radius 3 is 1.89 bits per heavy atom. The number of hydrogen-bond donors (Lipinski definition) is 0. The van der Waals surface area contributed by atoms with Crippen LogP contribution in [0.15, 0.2) is 0 Å². The first-order valence-electron chi connectivity index (χ1n) is 5.50. The summed E-state index contributed by atoms with van der Waals surface area (Å²) in [7, 11) is 0. The molecule has 1 aliphatic rings. The van der Waals surface area contributed by atoms with E-state index in [-0.39, 0.29) is 25.3 Å². The molecule has 1 fully saturated rings. The van der Waals surface area contributed by atoms with Gasteiger partial charge in [-0.25, -0.2) is 0 Å². The lowest BCUT2D eigenvalue weighted by Gasteiger charge is -2.36. The van der Waals surface area contributed by atoms with Gasteiger partial charge in [-0.15, -0.1) is 0 Å².